The molecule has 0 aliphatic carbocycles. The number of nitrogens with zero attached hydrogens (tertiary/aromatic N) is 2. The van der Waals surface area contributed by atoms with Gasteiger partial charge >= 0.3 is 0 Å². The van der Waals surface area contributed by atoms with Crippen LogP contribution in [0.2, 0.25) is 5.02 Å². The van der Waals surface area contributed by atoms with Crippen molar-refractivity contribution in [3.05, 3.63) is 65.1 Å². The van der Waals surface area contributed by atoms with Crippen LogP contribution in [0.25, 0.3) is 22.0 Å². The monoisotopic (exact) mass is 435 g/mol. The van der Waals surface area contributed by atoms with Crippen LogP contribution in [0.4, 0.5) is 4.39 Å². The molecule has 1 aromatic heterocycles. The second-order valence-electron chi connectivity index (χ2n) is 6.91. The lowest BCUT2D eigenvalue weighted by Crippen LogP contribution is -2.22. The first kappa shape index (κ1) is 21.5. The molecule has 0 fully saturated rings. The lowest BCUT2D eigenvalue weighted by atomic mass is 10.0. The smallest absolute Gasteiger partial charge is 0.242 e. The number of rotatable bonds is 6. The molecule has 154 valence electrons. The number of fused-ring (bicyclic) bond motifs is 1. The largest absolute Gasteiger partial charge is 0.337 e. The lowest BCUT2D eigenvalue weighted by Gasteiger charge is -2.13. The van der Waals surface area contributed by atoms with Crippen LogP contribution in [-0.2, 0) is 16.6 Å². The van der Waals surface area contributed by atoms with Crippen LogP contribution in [0.15, 0.2) is 59.3 Å². The molecule has 0 saturated carbocycles. The molecule has 5 nitrogen and oxygen atoms in total. The highest BCUT2D eigenvalue weighted by Gasteiger charge is 2.21. The molecule has 3 rings (SSSR count). The number of nitrogens with two attached hydrogens (primary N) is 1. The molecular weight excluding hydrogens is 413 g/mol. The highest BCUT2D eigenvalue weighted by atomic mass is 35.5. The van der Waals surface area contributed by atoms with E-state index in [1.807, 2.05) is 29.7 Å². The Morgan fingerprint density at radius 1 is 1.24 bits per heavy atom. The predicted molar refractivity (Wildman–Crippen MR) is 116 cm³/mol. The Hall–Kier alpha value is -2.19. The van der Waals surface area contributed by atoms with E-state index in [2.05, 4.69) is 0 Å². The quantitative estimate of drug-likeness (QED) is 0.626. The zero-order valence-electron chi connectivity index (χ0n) is 16.5. The minimum atomic E-state index is -3.58. The minimum Gasteiger partial charge on any atom is -0.337 e. The molecule has 0 amide bonds. The molecule has 0 bridgehead atoms. The van der Waals surface area contributed by atoms with Crippen molar-refractivity contribution < 1.29 is 12.8 Å². The first-order valence-electron chi connectivity index (χ1n) is 9.02. The Kier molecular flexibility index (Phi) is 6.14. The molecule has 0 unspecified atom stereocenters. The third kappa shape index (κ3) is 4.09. The van der Waals surface area contributed by atoms with Crippen molar-refractivity contribution in [3.8, 4) is 11.1 Å². The molecule has 0 aliphatic rings. The normalized spacial score (nSPS) is 12.9. The Morgan fingerprint density at radius 3 is 2.62 bits per heavy atom. The zero-order chi connectivity index (χ0) is 21.3. The van der Waals surface area contributed by atoms with E-state index in [9.17, 15) is 12.8 Å². The Labute approximate surface area is 175 Å². The van der Waals surface area contributed by atoms with Crippen LogP contribution in [0.1, 0.15) is 5.69 Å². The van der Waals surface area contributed by atoms with E-state index in [1.54, 1.807) is 24.3 Å². The highest BCUT2D eigenvalue weighted by molar-refractivity contribution is 7.89. The van der Waals surface area contributed by atoms with Gasteiger partial charge in [-0.2, -0.15) is 0 Å². The highest BCUT2D eigenvalue weighted by Crippen LogP contribution is 2.37. The van der Waals surface area contributed by atoms with E-state index in [4.69, 9.17) is 17.3 Å². The number of benzene rings is 2. The van der Waals surface area contributed by atoms with Crippen molar-refractivity contribution in [1.82, 2.24) is 8.87 Å². The predicted octanol–water partition coefficient (Wildman–Crippen LogP) is 4.33. The van der Waals surface area contributed by atoms with Gasteiger partial charge in [-0.1, -0.05) is 23.7 Å². The van der Waals surface area contributed by atoms with Gasteiger partial charge in [0, 0.05) is 47.8 Å². The molecule has 0 atom stereocenters. The summed E-state index contributed by atoms with van der Waals surface area (Å²) in [5.41, 5.74) is 8.58. The van der Waals surface area contributed by atoms with Crippen LogP contribution in [0, 0.1) is 6.92 Å². The van der Waals surface area contributed by atoms with Crippen molar-refractivity contribution in [2.75, 3.05) is 20.6 Å². The number of hydrogen-bond acceptors (Lipinski definition) is 3. The molecule has 1 heterocycles. The second-order valence-corrected chi connectivity index (χ2v) is 9.50. The van der Waals surface area contributed by atoms with Crippen molar-refractivity contribution in [3.63, 3.8) is 0 Å². The summed E-state index contributed by atoms with van der Waals surface area (Å²) >= 11 is 6.23. The molecule has 0 saturated heterocycles. The lowest BCUT2D eigenvalue weighted by molar-refractivity contribution is 0.521. The molecule has 0 spiro atoms. The molecule has 3 aromatic rings. The molecule has 29 heavy (non-hydrogen) atoms. The summed E-state index contributed by atoms with van der Waals surface area (Å²) in [6.07, 6.45) is 1.34. The molecule has 2 N–H and O–H groups in total. The Morgan fingerprint density at radius 2 is 1.97 bits per heavy atom. The molecule has 0 radical (unpaired) electrons. The number of sulfonamides is 1. The summed E-state index contributed by atoms with van der Waals surface area (Å²) in [7, 11) is -0.601. The minimum absolute atomic E-state index is 0.0385. The van der Waals surface area contributed by atoms with Gasteiger partial charge in [0.25, 0.3) is 0 Å². The third-order valence-corrected chi connectivity index (χ3v) is 6.88. The number of halogens is 2. The average Bonchev–Trinajstić information content (AvgIpc) is 2.92. The van der Waals surface area contributed by atoms with Gasteiger partial charge in [-0.3, -0.25) is 0 Å². The van der Waals surface area contributed by atoms with Crippen LogP contribution in [0.3, 0.4) is 0 Å². The van der Waals surface area contributed by atoms with Gasteiger partial charge in [0.15, 0.2) is 0 Å². The fraction of sp³-hybridized carbons (Fsp3) is 0.238. The maximum Gasteiger partial charge on any atom is 0.242 e. The fourth-order valence-electron chi connectivity index (χ4n) is 3.39. The van der Waals surface area contributed by atoms with Crippen molar-refractivity contribution in [2.24, 2.45) is 5.73 Å². The molecule has 0 aliphatic heterocycles. The van der Waals surface area contributed by atoms with Crippen LogP contribution in [0.5, 0.6) is 0 Å². The average molecular weight is 436 g/mol. The van der Waals surface area contributed by atoms with E-state index < -0.39 is 10.0 Å². The zero-order valence-corrected chi connectivity index (χ0v) is 18.1. The van der Waals surface area contributed by atoms with Crippen LogP contribution < -0.4 is 5.73 Å². The number of aromatic nitrogens is 1. The topological polar surface area (TPSA) is 68.3 Å². The van der Waals surface area contributed by atoms with Crippen molar-refractivity contribution in [1.29, 1.82) is 0 Å². The van der Waals surface area contributed by atoms with Gasteiger partial charge in [-0.15, -0.1) is 0 Å². The first-order valence-corrected chi connectivity index (χ1v) is 10.8. The van der Waals surface area contributed by atoms with E-state index in [1.165, 1.54) is 24.5 Å². The molecule has 8 heteroatoms. The van der Waals surface area contributed by atoms with E-state index >= 15 is 0 Å². The van der Waals surface area contributed by atoms with E-state index in [-0.39, 0.29) is 23.8 Å². The maximum atomic E-state index is 14.2. The van der Waals surface area contributed by atoms with Gasteiger partial charge in [-0.05, 0) is 48.9 Å². The third-order valence-electron chi connectivity index (χ3n) is 4.84. The summed E-state index contributed by atoms with van der Waals surface area (Å²) in [5, 5.41) is 1.38. The summed E-state index contributed by atoms with van der Waals surface area (Å²) in [6, 6.07) is 12.1. The maximum absolute atomic E-state index is 14.2. The van der Waals surface area contributed by atoms with Crippen molar-refractivity contribution in [2.45, 2.75) is 18.4 Å². The number of allylic oxidation sites excluding steroid dienone is 1. The molecular formula is C21H23ClFN3O2S. The summed E-state index contributed by atoms with van der Waals surface area (Å²) in [4.78, 5) is 0.191. The summed E-state index contributed by atoms with van der Waals surface area (Å²) in [6.45, 7) is 2.04. The number of hydrogen-bond donors (Lipinski definition) is 1. The van der Waals surface area contributed by atoms with Crippen LogP contribution >= 0.6 is 11.6 Å². The van der Waals surface area contributed by atoms with E-state index in [0.717, 1.165) is 27.7 Å². The second kappa shape index (κ2) is 8.28. The van der Waals surface area contributed by atoms with Crippen LogP contribution in [-0.4, -0.2) is 37.9 Å². The van der Waals surface area contributed by atoms with Gasteiger partial charge in [0.1, 0.15) is 5.83 Å². The first-order chi connectivity index (χ1) is 13.7. The summed E-state index contributed by atoms with van der Waals surface area (Å²) in [5.74, 6) is -0.335. The molecule has 2 aromatic carbocycles. The van der Waals surface area contributed by atoms with Crippen molar-refractivity contribution >= 4 is 32.5 Å². The van der Waals surface area contributed by atoms with Gasteiger partial charge in [0.05, 0.1) is 11.4 Å². The SMILES string of the molecule is Cc1c(-c2cccc(S(=O)(=O)N(C)C)c2)c2cc(Cl)ccc2n1CC(F)=CCN. The van der Waals surface area contributed by atoms with Gasteiger partial charge in [0.2, 0.25) is 10.0 Å². The Bertz CT molecular complexity index is 1200. The van der Waals surface area contributed by atoms with Gasteiger partial charge in [-0.25, -0.2) is 17.1 Å². The summed E-state index contributed by atoms with van der Waals surface area (Å²) < 4.78 is 42.4. The fourth-order valence-corrected chi connectivity index (χ4v) is 4.51. The van der Waals surface area contributed by atoms with E-state index in [0.29, 0.717) is 5.02 Å². The van der Waals surface area contributed by atoms with Gasteiger partial charge < -0.3 is 10.3 Å². The Balaban J connectivity index is 2.27. The standard InChI is InChI=1S/C21H23ClFN3O2S/c1-14-21(15-5-4-6-18(11-15)29(27,28)25(2)3)19-12-16(22)7-8-20(19)26(14)13-17(23)9-10-24/h4-9,11-12H,10,13,24H2,1-3H3.